The highest BCUT2D eigenvalue weighted by atomic mass is 32.1. The van der Waals surface area contributed by atoms with Crippen molar-refractivity contribution in [1.29, 1.82) is 0 Å². The number of benzene rings is 2. The van der Waals surface area contributed by atoms with Gasteiger partial charge in [-0.1, -0.05) is 74.5 Å². The van der Waals surface area contributed by atoms with Gasteiger partial charge in [0.15, 0.2) is 0 Å². The van der Waals surface area contributed by atoms with Gasteiger partial charge in [0.2, 0.25) is 11.8 Å². The van der Waals surface area contributed by atoms with Crippen LogP contribution in [0.1, 0.15) is 67.4 Å². The minimum absolute atomic E-state index is 0.0293. The number of likely N-dealkylation sites (tertiary alicyclic amines) is 1. The molecule has 1 saturated heterocycles. The summed E-state index contributed by atoms with van der Waals surface area (Å²) in [5.74, 6) is -0.380. The predicted octanol–water partition coefficient (Wildman–Crippen LogP) is 4.47. The molecule has 0 aliphatic carbocycles. The lowest BCUT2D eigenvalue weighted by Crippen LogP contribution is -2.54. The monoisotopic (exact) mass is 490 g/mol. The zero-order valence-corrected chi connectivity index (χ0v) is 21.4. The van der Waals surface area contributed by atoms with E-state index in [1.54, 1.807) is 18.3 Å². The Labute approximate surface area is 211 Å². The molecule has 0 radical (unpaired) electrons. The molecule has 6 nitrogen and oxygen atoms in total. The summed E-state index contributed by atoms with van der Waals surface area (Å²) in [6.07, 6.45) is 1.78. The molecule has 2 amide bonds. The van der Waals surface area contributed by atoms with Crippen molar-refractivity contribution in [1.82, 2.24) is 15.2 Å². The molecule has 0 spiro atoms. The van der Waals surface area contributed by atoms with Crippen LogP contribution in [-0.4, -0.2) is 40.3 Å². The molecular weight excluding hydrogens is 456 g/mol. The normalized spacial score (nSPS) is 17.5. The largest absolute Gasteiger partial charge is 0.343 e. The van der Waals surface area contributed by atoms with Gasteiger partial charge < -0.3 is 16.0 Å². The van der Waals surface area contributed by atoms with E-state index >= 15 is 0 Å². The van der Waals surface area contributed by atoms with Gasteiger partial charge in [-0.05, 0) is 36.8 Å². The maximum Gasteiger partial charge on any atom is 0.246 e. The second-order valence-corrected chi connectivity index (χ2v) is 10.5. The molecule has 0 unspecified atom stereocenters. The number of thiazole rings is 1. The van der Waals surface area contributed by atoms with Crippen LogP contribution < -0.4 is 11.1 Å². The number of nitrogens with zero attached hydrogens (tertiary/aromatic N) is 2. The van der Waals surface area contributed by atoms with E-state index in [1.165, 1.54) is 11.1 Å². The van der Waals surface area contributed by atoms with Crippen molar-refractivity contribution < 1.29 is 9.59 Å². The molecule has 7 heteroatoms. The number of amides is 2. The highest BCUT2D eigenvalue weighted by Gasteiger charge is 2.37. The topological polar surface area (TPSA) is 88.3 Å². The third kappa shape index (κ3) is 5.63. The zero-order chi connectivity index (χ0) is 24.9. The van der Waals surface area contributed by atoms with Crippen molar-refractivity contribution in [2.45, 2.75) is 57.7 Å². The summed E-state index contributed by atoms with van der Waals surface area (Å²) in [6, 6.07) is 19.5. The van der Waals surface area contributed by atoms with Crippen molar-refractivity contribution in [3.05, 3.63) is 87.9 Å². The summed E-state index contributed by atoms with van der Waals surface area (Å²) in [5, 5.41) is 5.93. The highest BCUT2D eigenvalue weighted by molar-refractivity contribution is 7.09. The first kappa shape index (κ1) is 25.1. The summed E-state index contributed by atoms with van der Waals surface area (Å²) in [5.41, 5.74) is 9.11. The fourth-order valence-corrected chi connectivity index (χ4v) is 5.67. The summed E-state index contributed by atoms with van der Waals surface area (Å²) in [4.78, 5) is 32.8. The maximum atomic E-state index is 13.6. The van der Waals surface area contributed by atoms with E-state index in [2.05, 4.69) is 59.2 Å². The number of hydrogen-bond donors (Lipinski definition) is 2. The summed E-state index contributed by atoms with van der Waals surface area (Å²) in [7, 11) is 0. The Morgan fingerprint density at radius 2 is 1.63 bits per heavy atom. The van der Waals surface area contributed by atoms with Crippen LogP contribution in [0, 0.1) is 5.92 Å². The number of rotatable bonds is 8. The fraction of sp³-hybridized carbons (Fsp3) is 0.393. The van der Waals surface area contributed by atoms with Crippen molar-refractivity contribution in [2.24, 2.45) is 11.7 Å². The molecule has 1 fully saturated rings. The van der Waals surface area contributed by atoms with E-state index in [-0.39, 0.29) is 29.7 Å². The van der Waals surface area contributed by atoms with E-state index in [0.717, 1.165) is 23.5 Å². The number of hydrogen-bond acceptors (Lipinski definition) is 5. The van der Waals surface area contributed by atoms with E-state index < -0.39 is 12.1 Å². The molecule has 2 heterocycles. The molecule has 3 N–H and O–H groups in total. The Morgan fingerprint density at radius 1 is 1.03 bits per heavy atom. The van der Waals surface area contributed by atoms with E-state index in [4.69, 9.17) is 10.7 Å². The van der Waals surface area contributed by atoms with Gasteiger partial charge in [0.25, 0.3) is 0 Å². The number of carbonyl (C=O) groups excluding carboxylic acids is 2. The Kier molecular flexibility index (Phi) is 7.98. The smallest absolute Gasteiger partial charge is 0.246 e. The first-order valence-electron chi connectivity index (χ1n) is 12.3. The van der Waals surface area contributed by atoms with Crippen LogP contribution in [-0.2, 0) is 9.59 Å². The lowest BCUT2D eigenvalue weighted by atomic mass is 9.89. The van der Waals surface area contributed by atoms with E-state index in [0.29, 0.717) is 6.54 Å². The van der Waals surface area contributed by atoms with Crippen LogP contribution in [0.3, 0.4) is 0 Å². The van der Waals surface area contributed by atoms with Gasteiger partial charge in [0.05, 0.1) is 23.7 Å². The molecule has 184 valence electrons. The molecule has 1 aliphatic heterocycles. The molecule has 1 aliphatic rings. The molecule has 3 atom stereocenters. The van der Waals surface area contributed by atoms with Gasteiger partial charge in [-0.15, -0.1) is 11.3 Å². The van der Waals surface area contributed by atoms with Gasteiger partial charge in [0.1, 0.15) is 11.0 Å². The standard InChI is InChI=1S/C28H34N4O2S/c1-18(2)25(31-26(33)19(3)29)28(34)32-16-10-15-23(32)27-30-22(17-35-27)24(20-11-6-4-7-12-20)21-13-8-5-9-14-21/h4-9,11-14,17-19,23-25H,10,15-16,29H2,1-3H3,(H,31,33)/t19-,23+,25-/m0/s1. The van der Waals surface area contributed by atoms with E-state index in [1.807, 2.05) is 30.9 Å². The first-order valence-corrected chi connectivity index (χ1v) is 13.2. The average molecular weight is 491 g/mol. The molecule has 4 rings (SSSR count). The Bertz CT molecular complexity index is 1090. The van der Waals surface area contributed by atoms with Crippen LogP contribution in [0.5, 0.6) is 0 Å². The van der Waals surface area contributed by atoms with Gasteiger partial charge >= 0.3 is 0 Å². The Morgan fingerprint density at radius 3 is 2.17 bits per heavy atom. The van der Waals surface area contributed by atoms with Gasteiger partial charge in [0, 0.05) is 11.9 Å². The van der Waals surface area contributed by atoms with Crippen LogP contribution in [0.4, 0.5) is 0 Å². The molecule has 0 saturated carbocycles. The summed E-state index contributed by atoms with van der Waals surface area (Å²) in [6.45, 7) is 6.18. The average Bonchev–Trinajstić information content (AvgIpc) is 3.53. The van der Waals surface area contributed by atoms with E-state index in [9.17, 15) is 9.59 Å². The Balaban J connectivity index is 1.61. The second-order valence-electron chi connectivity index (χ2n) is 9.57. The third-order valence-corrected chi connectivity index (χ3v) is 7.53. The van der Waals surface area contributed by atoms with Crippen LogP contribution in [0.15, 0.2) is 66.0 Å². The molecular formula is C28H34N4O2S. The van der Waals surface area contributed by atoms with Crippen LogP contribution >= 0.6 is 11.3 Å². The molecule has 3 aromatic rings. The van der Waals surface area contributed by atoms with Crippen LogP contribution in [0.2, 0.25) is 0 Å². The Hall–Kier alpha value is -3.03. The highest BCUT2D eigenvalue weighted by Crippen LogP contribution is 2.38. The molecule has 2 aromatic carbocycles. The lowest BCUT2D eigenvalue weighted by Gasteiger charge is -2.30. The number of nitrogens with two attached hydrogens (primary N) is 1. The third-order valence-electron chi connectivity index (χ3n) is 6.57. The second kappa shape index (κ2) is 11.1. The minimum Gasteiger partial charge on any atom is -0.343 e. The lowest BCUT2D eigenvalue weighted by molar-refractivity contribution is -0.138. The van der Waals surface area contributed by atoms with Gasteiger partial charge in [-0.2, -0.15) is 0 Å². The van der Waals surface area contributed by atoms with Gasteiger partial charge in [-0.25, -0.2) is 4.98 Å². The SMILES string of the molecule is CC(C)[C@H](NC(=O)[C@H](C)N)C(=O)N1CCC[C@@H]1c1nc(C(c2ccccc2)c2ccccc2)cs1. The maximum absolute atomic E-state index is 13.6. The quantitative estimate of drug-likeness (QED) is 0.487. The fourth-order valence-electron chi connectivity index (χ4n) is 4.68. The van der Waals surface area contributed by atoms with Gasteiger partial charge in [-0.3, -0.25) is 9.59 Å². The number of carbonyl (C=O) groups is 2. The van der Waals surface area contributed by atoms with Crippen LogP contribution in [0.25, 0.3) is 0 Å². The summed E-state index contributed by atoms with van der Waals surface area (Å²) >= 11 is 1.61. The number of aromatic nitrogens is 1. The number of nitrogens with one attached hydrogen (secondary N) is 1. The minimum atomic E-state index is -0.659. The first-order chi connectivity index (χ1) is 16.9. The zero-order valence-electron chi connectivity index (χ0n) is 20.6. The van der Waals surface area contributed by atoms with Crippen molar-refractivity contribution in [2.75, 3.05) is 6.54 Å². The molecule has 35 heavy (non-hydrogen) atoms. The molecule has 1 aromatic heterocycles. The molecule has 0 bridgehead atoms. The predicted molar refractivity (Wildman–Crippen MR) is 140 cm³/mol. The van der Waals surface area contributed by atoms with Crippen molar-refractivity contribution in [3.8, 4) is 0 Å². The van der Waals surface area contributed by atoms with Crippen molar-refractivity contribution in [3.63, 3.8) is 0 Å². The van der Waals surface area contributed by atoms with Crippen molar-refractivity contribution >= 4 is 23.2 Å². The summed E-state index contributed by atoms with van der Waals surface area (Å²) < 4.78 is 0.